The van der Waals surface area contributed by atoms with E-state index >= 15 is 0 Å². The smallest absolute Gasteiger partial charge is 0.295 e. The maximum atomic E-state index is 13.2. The first-order valence-corrected chi connectivity index (χ1v) is 10.6. The molecular formula is C26H24N2O5. The van der Waals surface area contributed by atoms with Crippen LogP contribution in [0.5, 0.6) is 11.5 Å². The Hall–Kier alpha value is -4.13. The molecule has 1 aliphatic rings. The van der Waals surface area contributed by atoms with E-state index in [9.17, 15) is 14.7 Å². The molecule has 1 aliphatic heterocycles. The first kappa shape index (κ1) is 22.1. The quantitative estimate of drug-likeness (QED) is 0.335. The molecule has 7 heteroatoms. The summed E-state index contributed by atoms with van der Waals surface area (Å²) in [4.78, 5) is 31.8. The van der Waals surface area contributed by atoms with E-state index < -0.39 is 17.7 Å². The second-order valence-electron chi connectivity index (χ2n) is 7.52. The second kappa shape index (κ2) is 9.56. The number of hydrogen-bond donors (Lipinski definition) is 1. The molecule has 0 aliphatic carbocycles. The number of ketones is 1. The molecule has 0 radical (unpaired) electrons. The summed E-state index contributed by atoms with van der Waals surface area (Å²) >= 11 is 0. The fraction of sp³-hybridized carbons (Fsp3) is 0.192. The van der Waals surface area contributed by atoms with Crippen molar-refractivity contribution in [2.75, 3.05) is 13.7 Å². The predicted molar refractivity (Wildman–Crippen MR) is 123 cm³/mol. The van der Waals surface area contributed by atoms with Crippen LogP contribution in [-0.4, -0.2) is 40.4 Å². The predicted octanol–water partition coefficient (Wildman–Crippen LogP) is 4.11. The molecule has 1 fully saturated rings. The van der Waals surface area contributed by atoms with Crippen LogP contribution in [0.3, 0.4) is 0 Å². The average Bonchev–Trinajstić information content (AvgIpc) is 3.09. The minimum atomic E-state index is -0.788. The summed E-state index contributed by atoms with van der Waals surface area (Å²) in [6, 6.07) is 16.7. The summed E-state index contributed by atoms with van der Waals surface area (Å²) in [6.07, 6.45) is 3.26. The van der Waals surface area contributed by atoms with Gasteiger partial charge in [-0.05, 0) is 54.4 Å². The van der Waals surface area contributed by atoms with Crippen LogP contribution in [0.1, 0.15) is 29.7 Å². The van der Waals surface area contributed by atoms with E-state index in [1.807, 2.05) is 13.0 Å². The van der Waals surface area contributed by atoms with Gasteiger partial charge in [0.1, 0.15) is 17.3 Å². The fourth-order valence-electron chi connectivity index (χ4n) is 3.94. The standard InChI is InChI=1S/C26H24N2O5/c1-3-33-21-9-5-7-19(15-21)24(29)22-23(18-6-4-8-20(14-18)32-2)28(26(31)25(22)30)16-17-10-12-27-13-11-17/h4-15,23,29H,3,16H2,1-2H3/b24-22-. The van der Waals surface area contributed by atoms with Gasteiger partial charge in [0, 0.05) is 24.5 Å². The molecule has 4 rings (SSSR count). The zero-order valence-corrected chi connectivity index (χ0v) is 18.4. The van der Waals surface area contributed by atoms with E-state index in [4.69, 9.17) is 9.47 Å². The van der Waals surface area contributed by atoms with Crippen molar-refractivity contribution < 1.29 is 24.2 Å². The lowest BCUT2D eigenvalue weighted by atomic mass is 9.95. The van der Waals surface area contributed by atoms with Crippen molar-refractivity contribution in [2.24, 2.45) is 0 Å². The summed E-state index contributed by atoms with van der Waals surface area (Å²) in [7, 11) is 1.55. The zero-order chi connectivity index (χ0) is 23.4. The lowest BCUT2D eigenvalue weighted by Crippen LogP contribution is -2.29. The Morgan fingerprint density at radius 3 is 2.48 bits per heavy atom. The third-order valence-corrected chi connectivity index (χ3v) is 5.47. The number of nitrogens with zero attached hydrogens (tertiary/aromatic N) is 2. The molecule has 1 atom stereocenters. The van der Waals surface area contributed by atoms with Crippen LogP contribution in [0.4, 0.5) is 0 Å². The number of carbonyl (C=O) groups is 2. The lowest BCUT2D eigenvalue weighted by Gasteiger charge is -2.25. The van der Waals surface area contributed by atoms with Gasteiger partial charge in [-0.15, -0.1) is 0 Å². The first-order valence-electron chi connectivity index (χ1n) is 10.6. The molecule has 1 unspecified atom stereocenters. The van der Waals surface area contributed by atoms with Crippen molar-refractivity contribution in [3.8, 4) is 11.5 Å². The number of Topliss-reactive ketones (excluding diaryl/α,β-unsaturated/α-hetero) is 1. The van der Waals surface area contributed by atoms with E-state index in [1.165, 1.54) is 4.90 Å². The maximum Gasteiger partial charge on any atom is 0.295 e. The summed E-state index contributed by atoms with van der Waals surface area (Å²) in [6.45, 7) is 2.51. The van der Waals surface area contributed by atoms with Gasteiger partial charge in [0.05, 0.1) is 25.3 Å². The number of rotatable bonds is 7. The third kappa shape index (κ3) is 4.43. The van der Waals surface area contributed by atoms with Gasteiger partial charge < -0.3 is 19.5 Å². The SMILES string of the molecule is CCOc1cccc(/C(O)=C2/C(=O)C(=O)N(Cc3ccncc3)C2c2cccc(OC)c2)c1. The van der Waals surface area contributed by atoms with Crippen LogP contribution >= 0.6 is 0 Å². The first-order chi connectivity index (χ1) is 16.0. The molecule has 1 amide bonds. The molecule has 1 aromatic heterocycles. The second-order valence-corrected chi connectivity index (χ2v) is 7.52. The highest BCUT2D eigenvalue weighted by molar-refractivity contribution is 6.46. The number of amides is 1. The molecule has 168 valence electrons. The Balaban J connectivity index is 1.86. The number of aromatic nitrogens is 1. The molecule has 2 aromatic carbocycles. The monoisotopic (exact) mass is 444 g/mol. The van der Waals surface area contributed by atoms with Crippen molar-refractivity contribution in [1.82, 2.24) is 9.88 Å². The Bertz CT molecular complexity index is 1210. The Morgan fingerprint density at radius 2 is 1.76 bits per heavy atom. The number of pyridine rings is 1. The Kier molecular flexibility index (Phi) is 6.40. The van der Waals surface area contributed by atoms with Crippen LogP contribution < -0.4 is 9.47 Å². The van der Waals surface area contributed by atoms with E-state index in [1.54, 1.807) is 74.1 Å². The molecule has 1 saturated heterocycles. The van der Waals surface area contributed by atoms with Gasteiger partial charge in [0.25, 0.3) is 11.7 Å². The maximum absolute atomic E-state index is 13.2. The summed E-state index contributed by atoms with van der Waals surface area (Å²) in [5.74, 6) is -0.524. The zero-order valence-electron chi connectivity index (χ0n) is 18.4. The van der Waals surface area contributed by atoms with Crippen molar-refractivity contribution in [3.05, 3.63) is 95.3 Å². The number of aliphatic hydroxyl groups excluding tert-OH is 1. The number of aliphatic hydroxyl groups is 1. The molecular weight excluding hydrogens is 420 g/mol. The number of methoxy groups -OCH3 is 1. The number of ether oxygens (including phenoxy) is 2. The molecule has 0 bridgehead atoms. The van der Waals surface area contributed by atoms with Crippen molar-refractivity contribution in [2.45, 2.75) is 19.5 Å². The highest BCUT2D eigenvalue weighted by Gasteiger charge is 2.46. The number of benzene rings is 2. The Labute approximate surface area is 191 Å². The molecule has 0 spiro atoms. The topological polar surface area (TPSA) is 89.0 Å². The van der Waals surface area contributed by atoms with E-state index in [2.05, 4.69) is 4.98 Å². The minimum Gasteiger partial charge on any atom is -0.507 e. The lowest BCUT2D eigenvalue weighted by molar-refractivity contribution is -0.140. The number of likely N-dealkylation sites (tertiary alicyclic amines) is 1. The summed E-state index contributed by atoms with van der Waals surface area (Å²) < 4.78 is 10.9. The van der Waals surface area contributed by atoms with Crippen LogP contribution in [0.15, 0.2) is 78.6 Å². The molecule has 2 heterocycles. The largest absolute Gasteiger partial charge is 0.507 e. The van der Waals surface area contributed by atoms with Crippen molar-refractivity contribution in [1.29, 1.82) is 0 Å². The molecule has 3 aromatic rings. The molecule has 1 N–H and O–H groups in total. The van der Waals surface area contributed by atoms with Gasteiger partial charge in [-0.1, -0.05) is 24.3 Å². The molecule has 7 nitrogen and oxygen atoms in total. The summed E-state index contributed by atoms with van der Waals surface area (Å²) in [5, 5.41) is 11.2. The van der Waals surface area contributed by atoms with Crippen molar-refractivity contribution in [3.63, 3.8) is 0 Å². The van der Waals surface area contributed by atoms with Crippen LogP contribution in [0.2, 0.25) is 0 Å². The van der Waals surface area contributed by atoms with E-state index in [0.717, 1.165) is 5.56 Å². The number of hydrogen-bond acceptors (Lipinski definition) is 6. The highest BCUT2D eigenvalue weighted by atomic mass is 16.5. The van der Waals surface area contributed by atoms with E-state index in [-0.39, 0.29) is 17.9 Å². The van der Waals surface area contributed by atoms with Gasteiger partial charge in [-0.25, -0.2) is 0 Å². The van der Waals surface area contributed by atoms with Crippen LogP contribution in [0, 0.1) is 0 Å². The highest BCUT2D eigenvalue weighted by Crippen LogP contribution is 2.41. The molecule has 0 saturated carbocycles. The number of carbonyl (C=O) groups excluding carboxylic acids is 2. The van der Waals surface area contributed by atoms with Gasteiger partial charge >= 0.3 is 0 Å². The Morgan fingerprint density at radius 1 is 1.03 bits per heavy atom. The van der Waals surface area contributed by atoms with Gasteiger partial charge in [-0.2, -0.15) is 0 Å². The van der Waals surface area contributed by atoms with Gasteiger partial charge in [0.2, 0.25) is 0 Å². The van der Waals surface area contributed by atoms with Crippen LogP contribution in [-0.2, 0) is 16.1 Å². The van der Waals surface area contributed by atoms with Gasteiger partial charge in [0.15, 0.2) is 0 Å². The fourth-order valence-corrected chi connectivity index (χ4v) is 3.94. The van der Waals surface area contributed by atoms with E-state index in [0.29, 0.717) is 29.2 Å². The third-order valence-electron chi connectivity index (χ3n) is 5.47. The summed E-state index contributed by atoms with van der Waals surface area (Å²) in [5.41, 5.74) is 1.90. The van der Waals surface area contributed by atoms with Crippen molar-refractivity contribution >= 4 is 17.4 Å². The molecule has 33 heavy (non-hydrogen) atoms. The van der Waals surface area contributed by atoms with Crippen LogP contribution in [0.25, 0.3) is 5.76 Å². The average molecular weight is 444 g/mol. The minimum absolute atomic E-state index is 0.0240. The normalized spacial score (nSPS) is 17.3. The van der Waals surface area contributed by atoms with Gasteiger partial charge in [-0.3, -0.25) is 14.6 Å².